The fourth-order valence-electron chi connectivity index (χ4n) is 9.34. The summed E-state index contributed by atoms with van der Waals surface area (Å²) in [5.41, 5.74) is 13.2. The lowest BCUT2D eigenvalue weighted by Crippen LogP contribution is -2.07. The summed E-state index contributed by atoms with van der Waals surface area (Å²) >= 11 is 0. The first-order chi connectivity index (χ1) is 31.2. The van der Waals surface area contributed by atoms with E-state index in [0.717, 1.165) is 110 Å². The molecule has 0 N–H and O–H groups in total. The molecule has 0 saturated heterocycles. The molecule has 0 saturated carbocycles. The average Bonchev–Trinajstić information content (AvgIpc) is 4.04. The summed E-state index contributed by atoms with van der Waals surface area (Å²) < 4.78 is 15.5. The Labute approximate surface area is 361 Å². The summed E-state index contributed by atoms with van der Waals surface area (Å²) in [4.78, 5) is 16.3. The van der Waals surface area contributed by atoms with Gasteiger partial charge in [-0.2, -0.15) is 9.97 Å². The van der Waals surface area contributed by atoms with E-state index in [4.69, 9.17) is 23.8 Å². The largest absolute Gasteiger partial charge is 0.456 e. The van der Waals surface area contributed by atoms with E-state index in [0.29, 0.717) is 17.6 Å². The highest BCUT2D eigenvalue weighted by molar-refractivity contribution is 6.21. The second-order valence-corrected chi connectivity index (χ2v) is 16.0. The standard InChI is InChI=1S/C57H34N4O2/c1-4-16-35(17-5-1)38-30-39(36-18-6-2-7-19-36)32-40(31-38)55-58-56(41-33-47(37-20-8-3-9-21-37)52-46-24-12-15-27-50(46)62-51(52)34-41)60-57(59-55)61-48-25-13-10-22-42(48)44-28-29-45-43-23-11-14-26-49(43)63-54(45)53(44)61/h1-34H. The number of furan rings is 2. The van der Waals surface area contributed by atoms with Crippen LogP contribution in [0.15, 0.2) is 215 Å². The highest BCUT2D eigenvalue weighted by atomic mass is 16.3. The summed E-state index contributed by atoms with van der Waals surface area (Å²) in [7, 11) is 0. The second-order valence-electron chi connectivity index (χ2n) is 16.0. The number of fused-ring (bicyclic) bond motifs is 10. The van der Waals surface area contributed by atoms with Crippen LogP contribution in [0.4, 0.5) is 0 Å². The van der Waals surface area contributed by atoms with Crippen molar-refractivity contribution in [3.63, 3.8) is 0 Å². The van der Waals surface area contributed by atoms with Gasteiger partial charge in [0.05, 0.1) is 5.52 Å². The second kappa shape index (κ2) is 14.0. The lowest BCUT2D eigenvalue weighted by molar-refractivity contribution is 0.669. The molecule has 6 nitrogen and oxygen atoms in total. The molecule has 4 aromatic heterocycles. The van der Waals surface area contributed by atoms with Crippen molar-refractivity contribution in [3.8, 4) is 62.1 Å². The van der Waals surface area contributed by atoms with Crippen LogP contribution < -0.4 is 0 Å². The number of benzene rings is 9. The predicted molar refractivity (Wildman–Crippen MR) is 256 cm³/mol. The van der Waals surface area contributed by atoms with Gasteiger partial charge in [0.25, 0.3) is 0 Å². The molecule has 9 aromatic carbocycles. The lowest BCUT2D eigenvalue weighted by Gasteiger charge is -2.14. The van der Waals surface area contributed by atoms with Crippen LogP contribution in [0, 0.1) is 0 Å². The van der Waals surface area contributed by atoms with Crippen LogP contribution in [0.25, 0.3) is 128 Å². The Morgan fingerprint density at radius 2 is 0.857 bits per heavy atom. The summed E-state index contributed by atoms with van der Waals surface area (Å²) in [6.07, 6.45) is 0. The zero-order chi connectivity index (χ0) is 41.4. The molecule has 0 amide bonds. The molecule has 0 fully saturated rings. The van der Waals surface area contributed by atoms with Crippen LogP contribution in [0.2, 0.25) is 0 Å². The van der Waals surface area contributed by atoms with Gasteiger partial charge in [-0.15, -0.1) is 0 Å². The first-order valence-corrected chi connectivity index (χ1v) is 21.1. The molecule has 0 unspecified atom stereocenters. The molecule has 0 aliphatic heterocycles. The van der Waals surface area contributed by atoms with Crippen LogP contribution in [-0.2, 0) is 0 Å². The van der Waals surface area contributed by atoms with Gasteiger partial charge in [0.15, 0.2) is 17.2 Å². The van der Waals surface area contributed by atoms with Gasteiger partial charge < -0.3 is 8.83 Å². The van der Waals surface area contributed by atoms with Crippen molar-refractivity contribution in [3.05, 3.63) is 206 Å². The summed E-state index contributed by atoms with van der Waals surface area (Å²) in [5, 5.41) is 6.32. The maximum absolute atomic E-state index is 6.75. The van der Waals surface area contributed by atoms with Crippen molar-refractivity contribution >= 4 is 65.7 Å². The summed E-state index contributed by atoms with van der Waals surface area (Å²) in [5.74, 6) is 1.54. The fourth-order valence-corrected chi connectivity index (χ4v) is 9.34. The Hall–Kier alpha value is -8.61. The Balaban J connectivity index is 1.14. The van der Waals surface area contributed by atoms with E-state index in [1.54, 1.807) is 0 Å². The smallest absolute Gasteiger partial charge is 0.238 e. The molecule has 0 aliphatic carbocycles. The summed E-state index contributed by atoms with van der Waals surface area (Å²) in [6, 6.07) is 71.5. The molecule has 0 bridgehead atoms. The highest BCUT2D eigenvalue weighted by Gasteiger charge is 2.24. The lowest BCUT2D eigenvalue weighted by atomic mass is 9.95. The van der Waals surface area contributed by atoms with Gasteiger partial charge in [-0.1, -0.05) is 152 Å². The minimum Gasteiger partial charge on any atom is -0.456 e. The number of hydrogen-bond donors (Lipinski definition) is 0. The van der Waals surface area contributed by atoms with Crippen molar-refractivity contribution < 1.29 is 8.83 Å². The van der Waals surface area contributed by atoms with Crippen LogP contribution >= 0.6 is 0 Å². The van der Waals surface area contributed by atoms with Crippen LogP contribution in [0.5, 0.6) is 0 Å². The molecule has 4 heterocycles. The topological polar surface area (TPSA) is 69.9 Å². The number of nitrogens with zero attached hydrogens (tertiary/aromatic N) is 4. The number of rotatable bonds is 6. The number of hydrogen-bond acceptors (Lipinski definition) is 5. The Kier molecular flexibility index (Phi) is 7.80. The van der Waals surface area contributed by atoms with E-state index in [9.17, 15) is 0 Å². The summed E-state index contributed by atoms with van der Waals surface area (Å²) in [6.45, 7) is 0. The first kappa shape index (κ1) is 35.2. The minimum atomic E-state index is 0.478. The van der Waals surface area contributed by atoms with Crippen LogP contribution in [-0.4, -0.2) is 19.5 Å². The maximum Gasteiger partial charge on any atom is 0.238 e. The molecule has 13 aromatic rings. The molecule has 0 spiro atoms. The molecule has 63 heavy (non-hydrogen) atoms. The maximum atomic E-state index is 6.75. The quantitative estimate of drug-likeness (QED) is 0.167. The molecule has 6 heteroatoms. The van der Waals surface area contributed by atoms with E-state index >= 15 is 0 Å². The average molecular weight is 807 g/mol. The fraction of sp³-hybridized carbons (Fsp3) is 0. The molecule has 0 aliphatic rings. The molecular formula is C57H34N4O2. The van der Waals surface area contributed by atoms with E-state index < -0.39 is 0 Å². The van der Waals surface area contributed by atoms with E-state index in [2.05, 4.69) is 168 Å². The highest BCUT2D eigenvalue weighted by Crippen LogP contribution is 2.43. The predicted octanol–water partition coefficient (Wildman–Crippen LogP) is 15.1. The molecule has 0 radical (unpaired) electrons. The molecule has 13 rings (SSSR count). The third-order valence-corrected chi connectivity index (χ3v) is 12.2. The van der Waals surface area contributed by atoms with Gasteiger partial charge in [-0.25, -0.2) is 4.98 Å². The van der Waals surface area contributed by atoms with Crippen molar-refractivity contribution in [2.24, 2.45) is 0 Å². The van der Waals surface area contributed by atoms with Gasteiger partial charge in [0, 0.05) is 43.4 Å². The zero-order valence-electron chi connectivity index (χ0n) is 33.7. The third-order valence-electron chi connectivity index (χ3n) is 12.2. The van der Waals surface area contributed by atoms with Gasteiger partial charge >= 0.3 is 0 Å². The number of para-hydroxylation sites is 3. The van der Waals surface area contributed by atoms with Gasteiger partial charge in [-0.3, -0.25) is 4.57 Å². The monoisotopic (exact) mass is 806 g/mol. The molecule has 0 atom stereocenters. The Morgan fingerprint density at radius 1 is 0.333 bits per heavy atom. The van der Waals surface area contributed by atoms with Crippen LogP contribution in [0.1, 0.15) is 0 Å². The Morgan fingerprint density at radius 3 is 1.54 bits per heavy atom. The van der Waals surface area contributed by atoms with Gasteiger partial charge in [0.1, 0.15) is 22.3 Å². The van der Waals surface area contributed by atoms with Gasteiger partial charge in [0.2, 0.25) is 5.95 Å². The van der Waals surface area contributed by atoms with Crippen molar-refractivity contribution in [1.29, 1.82) is 0 Å². The first-order valence-electron chi connectivity index (χ1n) is 21.1. The van der Waals surface area contributed by atoms with Crippen molar-refractivity contribution in [1.82, 2.24) is 19.5 Å². The van der Waals surface area contributed by atoms with Crippen molar-refractivity contribution in [2.45, 2.75) is 0 Å². The SMILES string of the molecule is c1ccc(-c2cc(-c3ccccc3)cc(-c3nc(-c4cc(-c5ccccc5)c5c(c4)oc4ccccc45)nc(-n4c5ccccc5c5ccc6c7ccccc7oc6c54)n3)c2)cc1. The van der Waals surface area contributed by atoms with Crippen LogP contribution in [0.3, 0.4) is 0 Å². The van der Waals surface area contributed by atoms with E-state index in [1.807, 2.05) is 42.5 Å². The normalized spacial score (nSPS) is 11.8. The minimum absolute atomic E-state index is 0.478. The zero-order valence-corrected chi connectivity index (χ0v) is 33.7. The number of aromatic nitrogens is 4. The van der Waals surface area contributed by atoms with E-state index in [1.165, 1.54) is 0 Å². The Bertz CT molecular complexity index is 3850. The van der Waals surface area contributed by atoms with Crippen molar-refractivity contribution in [2.75, 3.05) is 0 Å². The molecular weight excluding hydrogens is 773 g/mol. The van der Waals surface area contributed by atoms with E-state index in [-0.39, 0.29) is 0 Å². The molecule has 294 valence electrons. The van der Waals surface area contributed by atoms with Gasteiger partial charge in [-0.05, 0) is 88.0 Å². The third kappa shape index (κ3) is 5.69.